The van der Waals surface area contributed by atoms with Gasteiger partial charge in [0.05, 0.1) is 12.7 Å². The summed E-state index contributed by atoms with van der Waals surface area (Å²) in [6.45, 7) is 4.88. The molecule has 2 heterocycles. The van der Waals surface area contributed by atoms with Crippen LogP contribution in [0.25, 0.3) is 0 Å². The molecule has 2 aromatic rings. The highest BCUT2D eigenvalue weighted by Crippen LogP contribution is 2.37. The highest BCUT2D eigenvalue weighted by Gasteiger charge is 2.29. The number of benzene rings is 1. The maximum Gasteiger partial charge on any atom is 0.341 e. The normalized spacial score (nSPS) is 13.3. The zero-order chi connectivity index (χ0) is 20.8. The van der Waals surface area contributed by atoms with E-state index in [0.717, 1.165) is 47.8 Å². The number of amides is 1. The zero-order valence-corrected chi connectivity index (χ0v) is 19.5. The summed E-state index contributed by atoms with van der Waals surface area (Å²) < 4.78 is 17.9. The predicted molar refractivity (Wildman–Crippen MR) is 123 cm³/mol. The molecule has 1 aliphatic rings. The molecule has 1 N–H and O–H groups in total. The van der Waals surface area contributed by atoms with Gasteiger partial charge in [-0.05, 0) is 49.2 Å². The van der Waals surface area contributed by atoms with Crippen molar-refractivity contribution >= 4 is 52.4 Å². The van der Waals surface area contributed by atoms with Gasteiger partial charge in [-0.25, -0.2) is 9.18 Å². The molecule has 3 rings (SSSR count). The number of halogens is 2. The standard InChI is InChI=1S/C21H25FN2O3S2.ClH/c1-3-10-24-11-8-16-17(13-24)29-20(19(16)21(26)27-2)23-18(25)9-12-28-15-6-4-14(22)5-7-15;/h4-7H,3,8-13H2,1-2H3,(H,23,25);1H. The minimum atomic E-state index is -0.401. The van der Waals surface area contributed by atoms with Gasteiger partial charge in [0.25, 0.3) is 0 Å². The number of rotatable bonds is 8. The van der Waals surface area contributed by atoms with Crippen molar-refractivity contribution in [1.82, 2.24) is 4.90 Å². The van der Waals surface area contributed by atoms with Crippen molar-refractivity contribution in [2.75, 3.05) is 31.3 Å². The Hall–Kier alpha value is -1.61. The second kappa shape index (κ2) is 11.7. The van der Waals surface area contributed by atoms with E-state index in [0.29, 0.717) is 22.7 Å². The molecule has 0 radical (unpaired) electrons. The number of fused-ring (bicyclic) bond motifs is 1. The first kappa shape index (κ1) is 24.7. The summed E-state index contributed by atoms with van der Waals surface area (Å²) in [6, 6.07) is 6.21. The summed E-state index contributed by atoms with van der Waals surface area (Å²) in [5, 5.41) is 3.49. The van der Waals surface area contributed by atoms with Gasteiger partial charge in [0.15, 0.2) is 0 Å². The SMILES string of the molecule is CCCN1CCc2c(sc(NC(=O)CCSc3ccc(F)cc3)c2C(=O)OC)C1.Cl. The van der Waals surface area contributed by atoms with Crippen molar-refractivity contribution in [3.8, 4) is 0 Å². The molecule has 0 fully saturated rings. The summed E-state index contributed by atoms with van der Waals surface area (Å²) >= 11 is 2.97. The van der Waals surface area contributed by atoms with Crippen LogP contribution < -0.4 is 5.32 Å². The monoisotopic (exact) mass is 472 g/mol. The number of nitrogens with zero attached hydrogens (tertiary/aromatic N) is 1. The molecule has 1 amide bonds. The Morgan fingerprint density at radius 1 is 1.30 bits per heavy atom. The van der Waals surface area contributed by atoms with Gasteiger partial charge in [0.1, 0.15) is 10.8 Å². The predicted octanol–water partition coefficient (Wildman–Crippen LogP) is 4.98. The van der Waals surface area contributed by atoms with E-state index in [2.05, 4.69) is 17.1 Å². The highest BCUT2D eigenvalue weighted by atomic mass is 35.5. The van der Waals surface area contributed by atoms with Gasteiger partial charge >= 0.3 is 5.97 Å². The number of carbonyl (C=O) groups is 2. The van der Waals surface area contributed by atoms with Crippen molar-refractivity contribution in [2.45, 2.75) is 37.6 Å². The fourth-order valence-electron chi connectivity index (χ4n) is 3.35. The van der Waals surface area contributed by atoms with Crippen LogP contribution in [0.1, 0.15) is 40.6 Å². The molecule has 0 unspecified atom stereocenters. The van der Waals surface area contributed by atoms with E-state index in [1.165, 1.54) is 42.3 Å². The summed E-state index contributed by atoms with van der Waals surface area (Å²) in [4.78, 5) is 29.2. The van der Waals surface area contributed by atoms with Gasteiger partial charge in [-0.2, -0.15) is 0 Å². The number of methoxy groups -OCH3 is 1. The average molecular weight is 473 g/mol. The van der Waals surface area contributed by atoms with Crippen LogP contribution in [0.2, 0.25) is 0 Å². The quantitative estimate of drug-likeness (QED) is 0.433. The van der Waals surface area contributed by atoms with Gasteiger partial charge in [0, 0.05) is 35.0 Å². The van der Waals surface area contributed by atoms with Crippen molar-refractivity contribution in [3.05, 3.63) is 46.1 Å². The van der Waals surface area contributed by atoms with E-state index in [9.17, 15) is 14.0 Å². The first-order valence-corrected chi connectivity index (χ1v) is 11.5. The Kier molecular flexibility index (Phi) is 9.61. The zero-order valence-electron chi connectivity index (χ0n) is 17.0. The molecule has 1 aromatic carbocycles. The smallest absolute Gasteiger partial charge is 0.341 e. The van der Waals surface area contributed by atoms with E-state index in [1.54, 1.807) is 12.1 Å². The molecule has 30 heavy (non-hydrogen) atoms. The lowest BCUT2D eigenvalue weighted by Crippen LogP contribution is -2.30. The topological polar surface area (TPSA) is 58.6 Å². The van der Waals surface area contributed by atoms with Crippen molar-refractivity contribution in [3.63, 3.8) is 0 Å². The maximum absolute atomic E-state index is 13.0. The van der Waals surface area contributed by atoms with Crippen molar-refractivity contribution < 1.29 is 18.7 Å². The van der Waals surface area contributed by atoms with Gasteiger partial charge < -0.3 is 10.1 Å². The molecule has 0 saturated carbocycles. The van der Waals surface area contributed by atoms with E-state index in [1.807, 2.05) is 0 Å². The lowest BCUT2D eigenvalue weighted by molar-refractivity contribution is -0.115. The second-order valence-corrected chi connectivity index (χ2v) is 9.10. The van der Waals surface area contributed by atoms with E-state index in [4.69, 9.17) is 4.74 Å². The van der Waals surface area contributed by atoms with Crippen LogP contribution >= 0.6 is 35.5 Å². The van der Waals surface area contributed by atoms with Crippen LogP contribution in [0.3, 0.4) is 0 Å². The second-order valence-electron chi connectivity index (χ2n) is 6.83. The number of anilines is 1. The van der Waals surface area contributed by atoms with Gasteiger partial charge in [0.2, 0.25) is 5.91 Å². The lowest BCUT2D eigenvalue weighted by atomic mass is 10.0. The minimum absolute atomic E-state index is 0. The van der Waals surface area contributed by atoms with Gasteiger partial charge in [-0.1, -0.05) is 6.92 Å². The summed E-state index contributed by atoms with van der Waals surface area (Å²) in [6.07, 6.45) is 2.17. The number of hydrogen-bond acceptors (Lipinski definition) is 6. The molecular formula is C21H26ClFN2O3S2. The minimum Gasteiger partial charge on any atom is -0.465 e. The van der Waals surface area contributed by atoms with Gasteiger partial charge in [-0.15, -0.1) is 35.5 Å². The largest absolute Gasteiger partial charge is 0.465 e. The molecule has 164 valence electrons. The van der Waals surface area contributed by atoms with E-state index >= 15 is 0 Å². The van der Waals surface area contributed by atoms with Crippen LogP contribution in [0.4, 0.5) is 9.39 Å². The summed E-state index contributed by atoms with van der Waals surface area (Å²) in [5.74, 6) is -0.252. The summed E-state index contributed by atoms with van der Waals surface area (Å²) in [7, 11) is 1.36. The van der Waals surface area contributed by atoms with E-state index < -0.39 is 5.97 Å². The molecule has 0 saturated heterocycles. The molecule has 9 heteroatoms. The third kappa shape index (κ3) is 6.20. The highest BCUT2D eigenvalue weighted by molar-refractivity contribution is 7.99. The number of hydrogen-bond donors (Lipinski definition) is 1. The first-order valence-electron chi connectivity index (χ1n) is 9.65. The third-order valence-corrected chi connectivity index (χ3v) is 6.88. The van der Waals surface area contributed by atoms with Crippen molar-refractivity contribution in [2.24, 2.45) is 0 Å². The lowest BCUT2D eigenvalue weighted by Gasteiger charge is -2.26. The van der Waals surface area contributed by atoms with Crippen LogP contribution in [0.15, 0.2) is 29.2 Å². The molecule has 0 atom stereocenters. The molecule has 0 bridgehead atoms. The fourth-order valence-corrected chi connectivity index (χ4v) is 5.50. The number of thioether (sulfide) groups is 1. The number of thiophene rings is 1. The van der Waals surface area contributed by atoms with Crippen molar-refractivity contribution in [1.29, 1.82) is 0 Å². The Morgan fingerprint density at radius 2 is 2.03 bits per heavy atom. The summed E-state index contributed by atoms with van der Waals surface area (Å²) in [5.41, 5.74) is 1.51. The Labute approximate surface area is 190 Å². The molecule has 1 aromatic heterocycles. The van der Waals surface area contributed by atoms with Crippen LogP contribution in [0.5, 0.6) is 0 Å². The Bertz CT molecular complexity index is 874. The molecular weight excluding hydrogens is 447 g/mol. The van der Waals surface area contributed by atoms with Crippen LogP contribution in [-0.2, 0) is 22.5 Å². The number of esters is 1. The van der Waals surface area contributed by atoms with Crippen LogP contribution in [-0.4, -0.2) is 42.7 Å². The Morgan fingerprint density at radius 3 is 2.70 bits per heavy atom. The fraction of sp³-hybridized carbons (Fsp3) is 0.429. The third-order valence-electron chi connectivity index (χ3n) is 4.73. The molecule has 0 spiro atoms. The Balaban J connectivity index is 0.00000320. The average Bonchev–Trinajstić information content (AvgIpc) is 3.06. The van der Waals surface area contributed by atoms with Crippen LogP contribution in [0, 0.1) is 5.82 Å². The number of ether oxygens (including phenoxy) is 1. The molecule has 1 aliphatic heterocycles. The van der Waals surface area contributed by atoms with Gasteiger partial charge in [-0.3, -0.25) is 9.69 Å². The maximum atomic E-state index is 13.0. The number of nitrogens with one attached hydrogen (secondary N) is 1. The first-order chi connectivity index (χ1) is 14.0. The molecule has 0 aliphatic carbocycles. The number of carbonyl (C=O) groups excluding carboxylic acids is 2. The van der Waals surface area contributed by atoms with E-state index in [-0.39, 0.29) is 24.1 Å². The molecule has 5 nitrogen and oxygen atoms in total.